The van der Waals surface area contributed by atoms with Crippen molar-refractivity contribution in [3.8, 4) is 11.5 Å². The molecule has 0 spiro atoms. The van der Waals surface area contributed by atoms with Gasteiger partial charge in [-0.1, -0.05) is 30.9 Å². The van der Waals surface area contributed by atoms with Gasteiger partial charge in [0.15, 0.2) is 0 Å². The number of carbonyl (C=O) groups excluding carboxylic acids is 1. The van der Waals surface area contributed by atoms with Crippen molar-refractivity contribution in [3.05, 3.63) is 70.2 Å². The van der Waals surface area contributed by atoms with Crippen LogP contribution in [-0.4, -0.2) is 48.3 Å². The minimum Gasteiger partial charge on any atom is -0.490 e. The molecule has 0 N–H and O–H groups in total. The summed E-state index contributed by atoms with van der Waals surface area (Å²) in [4.78, 5) is 27.6. The maximum absolute atomic E-state index is 12.8. The summed E-state index contributed by atoms with van der Waals surface area (Å²) >= 11 is 0. The third-order valence-electron chi connectivity index (χ3n) is 5.16. The van der Waals surface area contributed by atoms with Crippen molar-refractivity contribution in [2.75, 3.05) is 26.8 Å². The Hall–Kier alpha value is -3.06. The van der Waals surface area contributed by atoms with Crippen molar-refractivity contribution in [2.45, 2.75) is 39.5 Å². The Bertz CT molecular complexity index is 996. The van der Waals surface area contributed by atoms with Gasteiger partial charge in [0.1, 0.15) is 23.7 Å². The van der Waals surface area contributed by atoms with Gasteiger partial charge in [0.25, 0.3) is 5.56 Å². The fourth-order valence-corrected chi connectivity index (χ4v) is 3.79. The molecule has 0 atom stereocenters. The molecule has 7 heteroatoms. The lowest BCUT2D eigenvalue weighted by Crippen LogP contribution is -2.29. The molecule has 2 heterocycles. The highest BCUT2D eigenvalue weighted by atomic mass is 16.5. The van der Waals surface area contributed by atoms with Gasteiger partial charge in [-0.3, -0.25) is 9.69 Å². The van der Waals surface area contributed by atoms with E-state index in [0.29, 0.717) is 50.5 Å². The SMILES string of the molecule is C=CCOc1ccccc1CN1CCc2c(C(=O)OC)c(OC(C)C)cc(=O)n2CC1. The topological polar surface area (TPSA) is 70.0 Å². The molecule has 0 radical (unpaired) electrons. The van der Waals surface area contributed by atoms with Gasteiger partial charge < -0.3 is 18.8 Å². The fraction of sp³-hybridized carbons (Fsp3) is 0.417. The second-order valence-corrected chi connectivity index (χ2v) is 7.71. The van der Waals surface area contributed by atoms with Crippen LogP contribution in [0.5, 0.6) is 11.5 Å². The summed E-state index contributed by atoms with van der Waals surface area (Å²) in [5, 5.41) is 0. The predicted octanol–water partition coefficient (Wildman–Crippen LogP) is 3.05. The van der Waals surface area contributed by atoms with Crippen LogP contribution < -0.4 is 15.0 Å². The van der Waals surface area contributed by atoms with Crippen molar-refractivity contribution < 1.29 is 19.0 Å². The first-order valence-corrected chi connectivity index (χ1v) is 10.5. The summed E-state index contributed by atoms with van der Waals surface area (Å²) < 4.78 is 18.2. The molecule has 0 unspecified atom stereocenters. The van der Waals surface area contributed by atoms with E-state index in [4.69, 9.17) is 14.2 Å². The fourth-order valence-electron chi connectivity index (χ4n) is 3.79. The number of esters is 1. The number of hydrogen-bond donors (Lipinski definition) is 0. The molecular formula is C24H30N2O5. The van der Waals surface area contributed by atoms with Crippen LogP contribution in [0.2, 0.25) is 0 Å². The lowest BCUT2D eigenvalue weighted by Gasteiger charge is -2.21. The minimum atomic E-state index is -0.490. The number of pyridine rings is 1. The van der Waals surface area contributed by atoms with Crippen molar-refractivity contribution >= 4 is 5.97 Å². The molecule has 0 saturated heterocycles. The lowest BCUT2D eigenvalue weighted by molar-refractivity contribution is 0.0591. The Morgan fingerprint density at radius 1 is 1.19 bits per heavy atom. The molecule has 1 aromatic carbocycles. The van der Waals surface area contributed by atoms with Crippen LogP contribution in [0.3, 0.4) is 0 Å². The molecular weight excluding hydrogens is 396 g/mol. The third kappa shape index (κ3) is 5.35. The molecule has 7 nitrogen and oxygen atoms in total. The van der Waals surface area contributed by atoms with Crippen LogP contribution in [0.4, 0.5) is 0 Å². The number of nitrogens with zero attached hydrogens (tertiary/aromatic N) is 2. The molecule has 1 aliphatic heterocycles. The molecule has 0 bridgehead atoms. The zero-order valence-corrected chi connectivity index (χ0v) is 18.4. The summed E-state index contributed by atoms with van der Waals surface area (Å²) in [7, 11) is 1.34. The van der Waals surface area contributed by atoms with E-state index in [1.165, 1.54) is 13.2 Å². The van der Waals surface area contributed by atoms with Gasteiger partial charge in [-0.2, -0.15) is 0 Å². The normalized spacial score (nSPS) is 13.9. The maximum atomic E-state index is 12.8. The van der Waals surface area contributed by atoms with Crippen LogP contribution in [0.1, 0.15) is 35.5 Å². The van der Waals surface area contributed by atoms with E-state index in [2.05, 4.69) is 11.5 Å². The molecule has 0 amide bonds. The van der Waals surface area contributed by atoms with Crippen molar-refractivity contribution in [1.82, 2.24) is 9.47 Å². The molecule has 0 aliphatic carbocycles. The first-order chi connectivity index (χ1) is 14.9. The van der Waals surface area contributed by atoms with Crippen LogP contribution in [0.25, 0.3) is 0 Å². The Balaban J connectivity index is 1.88. The molecule has 2 aromatic rings. The lowest BCUT2D eigenvalue weighted by atomic mass is 10.1. The largest absolute Gasteiger partial charge is 0.490 e. The third-order valence-corrected chi connectivity index (χ3v) is 5.16. The zero-order valence-electron chi connectivity index (χ0n) is 18.4. The van der Waals surface area contributed by atoms with Crippen molar-refractivity contribution in [3.63, 3.8) is 0 Å². The van der Waals surface area contributed by atoms with Gasteiger partial charge in [-0.05, 0) is 19.9 Å². The van der Waals surface area contributed by atoms with E-state index in [1.54, 1.807) is 10.6 Å². The first-order valence-electron chi connectivity index (χ1n) is 10.5. The second kappa shape index (κ2) is 10.3. The van der Waals surface area contributed by atoms with E-state index in [1.807, 2.05) is 38.1 Å². The molecule has 0 fully saturated rings. The Morgan fingerprint density at radius 3 is 2.68 bits per heavy atom. The quantitative estimate of drug-likeness (QED) is 0.477. The molecule has 0 saturated carbocycles. The average molecular weight is 427 g/mol. The summed E-state index contributed by atoms with van der Waals surface area (Å²) in [6.07, 6.45) is 2.09. The van der Waals surface area contributed by atoms with Crippen molar-refractivity contribution in [2.24, 2.45) is 0 Å². The van der Waals surface area contributed by atoms with Crippen LogP contribution in [0, 0.1) is 0 Å². The zero-order chi connectivity index (χ0) is 22.4. The van der Waals surface area contributed by atoms with Gasteiger partial charge in [-0.25, -0.2) is 4.79 Å². The van der Waals surface area contributed by atoms with E-state index >= 15 is 0 Å². The Labute approximate surface area is 182 Å². The number of fused-ring (bicyclic) bond motifs is 1. The van der Waals surface area contributed by atoms with Gasteiger partial charge in [0.2, 0.25) is 0 Å². The summed E-state index contributed by atoms with van der Waals surface area (Å²) in [6.45, 7) is 10.4. The summed E-state index contributed by atoms with van der Waals surface area (Å²) in [6, 6.07) is 9.30. The van der Waals surface area contributed by atoms with Gasteiger partial charge >= 0.3 is 5.97 Å². The monoisotopic (exact) mass is 426 g/mol. The van der Waals surface area contributed by atoms with E-state index in [-0.39, 0.29) is 17.4 Å². The molecule has 166 valence electrons. The minimum absolute atomic E-state index is 0.166. The Kier molecular flexibility index (Phi) is 7.52. The summed E-state index contributed by atoms with van der Waals surface area (Å²) in [5.41, 5.74) is 1.90. The average Bonchev–Trinajstić information content (AvgIpc) is 2.95. The van der Waals surface area contributed by atoms with Crippen molar-refractivity contribution in [1.29, 1.82) is 0 Å². The van der Waals surface area contributed by atoms with Gasteiger partial charge in [0, 0.05) is 49.9 Å². The van der Waals surface area contributed by atoms with Crippen LogP contribution in [0.15, 0.2) is 47.8 Å². The Morgan fingerprint density at radius 2 is 1.97 bits per heavy atom. The number of rotatable bonds is 8. The highest BCUT2D eigenvalue weighted by Gasteiger charge is 2.26. The van der Waals surface area contributed by atoms with Crippen LogP contribution >= 0.6 is 0 Å². The van der Waals surface area contributed by atoms with Crippen LogP contribution in [-0.2, 0) is 24.2 Å². The maximum Gasteiger partial charge on any atom is 0.343 e. The second-order valence-electron chi connectivity index (χ2n) is 7.71. The van der Waals surface area contributed by atoms with E-state index in [9.17, 15) is 9.59 Å². The number of hydrogen-bond acceptors (Lipinski definition) is 6. The highest BCUT2D eigenvalue weighted by Crippen LogP contribution is 2.26. The number of methoxy groups -OCH3 is 1. The molecule has 1 aromatic heterocycles. The number of para-hydroxylation sites is 1. The molecule has 3 rings (SSSR count). The van der Waals surface area contributed by atoms with Gasteiger partial charge in [-0.15, -0.1) is 0 Å². The van der Waals surface area contributed by atoms with E-state index in [0.717, 1.165) is 11.3 Å². The predicted molar refractivity (Wildman–Crippen MR) is 119 cm³/mol. The highest BCUT2D eigenvalue weighted by molar-refractivity contribution is 5.93. The summed E-state index contributed by atoms with van der Waals surface area (Å²) in [5.74, 6) is 0.620. The number of benzene rings is 1. The standard InChI is InChI=1S/C24H30N2O5/c1-5-14-30-20-9-7-6-8-18(20)16-25-11-10-19-23(24(28)29-4)21(31-17(2)3)15-22(27)26(19)13-12-25/h5-9,15,17H,1,10-14,16H2,2-4H3. The first kappa shape index (κ1) is 22.6. The molecule has 31 heavy (non-hydrogen) atoms. The molecule has 1 aliphatic rings. The smallest absolute Gasteiger partial charge is 0.343 e. The number of carbonyl (C=O) groups is 1. The van der Waals surface area contributed by atoms with E-state index < -0.39 is 5.97 Å². The van der Waals surface area contributed by atoms with Gasteiger partial charge in [0.05, 0.1) is 13.2 Å². The number of aromatic nitrogens is 1. The number of ether oxygens (including phenoxy) is 3.